The highest BCUT2D eigenvalue weighted by molar-refractivity contribution is 6.03. The second kappa shape index (κ2) is 7.52. The number of anilines is 2. The molecule has 0 saturated carbocycles. The molecule has 0 aliphatic rings. The van der Waals surface area contributed by atoms with E-state index in [-0.39, 0.29) is 29.6 Å². The van der Waals surface area contributed by atoms with Crippen LogP contribution in [-0.4, -0.2) is 42.5 Å². The maximum Gasteiger partial charge on any atom is 0.338 e. The maximum atomic E-state index is 12.1. The van der Waals surface area contributed by atoms with Crippen molar-refractivity contribution in [3.05, 3.63) is 60.2 Å². The molecular formula is C17H16N6O4. The van der Waals surface area contributed by atoms with Crippen LogP contribution in [0.1, 0.15) is 20.8 Å². The van der Waals surface area contributed by atoms with E-state index in [9.17, 15) is 14.4 Å². The van der Waals surface area contributed by atoms with E-state index < -0.39 is 5.97 Å². The fourth-order valence-electron chi connectivity index (χ4n) is 2.31. The second-order valence-electron chi connectivity index (χ2n) is 5.69. The Kier molecular flexibility index (Phi) is 4.97. The summed E-state index contributed by atoms with van der Waals surface area (Å²) in [5.41, 5.74) is 1.25. The van der Waals surface area contributed by atoms with E-state index >= 15 is 0 Å². The third kappa shape index (κ3) is 4.57. The zero-order chi connectivity index (χ0) is 19.4. The second-order valence-corrected chi connectivity index (χ2v) is 5.69. The molecule has 0 fully saturated rings. The number of amides is 2. The van der Waals surface area contributed by atoms with Gasteiger partial charge in [0.2, 0.25) is 5.91 Å². The van der Waals surface area contributed by atoms with Crippen molar-refractivity contribution in [1.82, 2.24) is 19.6 Å². The standard InChI is InChI=1S/C17H16N6O4/c1-22-6-5-14(21-22)16(25)20-13-4-2-3-12(7-13)19-15(24)10-23-9-11(8-18-23)17(26)27/h2-9H,10H2,1H3,(H,19,24)(H,20,25)(H,26,27). The van der Waals surface area contributed by atoms with Crippen molar-refractivity contribution in [2.24, 2.45) is 7.05 Å². The van der Waals surface area contributed by atoms with Gasteiger partial charge in [-0.3, -0.25) is 19.0 Å². The molecule has 0 aliphatic heterocycles. The number of rotatable bonds is 6. The summed E-state index contributed by atoms with van der Waals surface area (Å²) in [6.07, 6.45) is 4.10. The van der Waals surface area contributed by atoms with Gasteiger partial charge in [0, 0.05) is 30.8 Å². The van der Waals surface area contributed by atoms with E-state index in [0.29, 0.717) is 11.4 Å². The van der Waals surface area contributed by atoms with E-state index in [4.69, 9.17) is 5.11 Å². The summed E-state index contributed by atoms with van der Waals surface area (Å²) in [6.45, 7) is -0.141. The first-order valence-corrected chi connectivity index (χ1v) is 7.87. The van der Waals surface area contributed by atoms with Crippen molar-refractivity contribution < 1.29 is 19.5 Å². The Labute approximate surface area is 153 Å². The minimum Gasteiger partial charge on any atom is -0.478 e. The largest absolute Gasteiger partial charge is 0.478 e. The van der Waals surface area contributed by atoms with Crippen LogP contribution < -0.4 is 10.6 Å². The highest BCUT2D eigenvalue weighted by Crippen LogP contribution is 2.16. The number of nitrogens with zero attached hydrogens (tertiary/aromatic N) is 4. The number of aromatic nitrogens is 4. The molecular weight excluding hydrogens is 352 g/mol. The molecule has 0 radical (unpaired) electrons. The number of benzene rings is 1. The van der Waals surface area contributed by atoms with Crippen LogP contribution in [0.4, 0.5) is 11.4 Å². The molecule has 27 heavy (non-hydrogen) atoms. The lowest BCUT2D eigenvalue weighted by molar-refractivity contribution is -0.116. The Bertz CT molecular complexity index is 1010. The van der Waals surface area contributed by atoms with Gasteiger partial charge in [-0.2, -0.15) is 10.2 Å². The van der Waals surface area contributed by atoms with Crippen LogP contribution in [0, 0.1) is 0 Å². The topological polar surface area (TPSA) is 131 Å². The lowest BCUT2D eigenvalue weighted by atomic mass is 10.2. The van der Waals surface area contributed by atoms with Crippen molar-refractivity contribution in [2.75, 3.05) is 10.6 Å². The van der Waals surface area contributed by atoms with E-state index in [1.165, 1.54) is 21.8 Å². The number of hydrogen-bond acceptors (Lipinski definition) is 5. The molecule has 10 nitrogen and oxygen atoms in total. The van der Waals surface area contributed by atoms with Crippen LogP contribution >= 0.6 is 0 Å². The van der Waals surface area contributed by atoms with Gasteiger partial charge in [-0.15, -0.1) is 0 Å². The van der Waals surface area contributed by atoms with Gasteiger partial charge >= 0.3 is 5.97 Å². The summed E-state index contributed by atoms with van der Waals surface area (Å²) in [5, 5.41) is 22.1. The van der Waals surface area contributed by atoms with Crippen molar-refractivity contribution in [2.45, 2.75) is 6.54 Å². The third-order valence-corrected chi connectivity index (χ3v) is 3.54. The Balaban J connectivity index is 1.61. The van der Waals surface area contributed by atoms with Crippen LogP contribution in [0.5, 0.6) is 0 Å². The van der Waals surface area contributed by atoms with Gasteiger partial charge in [-0.1, -0.05) is 6.07 Å². The molecule has 0 bridgehead atoms. The van der Waals surface area contributed by atoms with Crippen LogP contribution in [-0.2, 0) is 18.4 Å². The molecule has 0 atom stereocenters. The van der Waals surface area contributed by atoms with E-state index in [1.54, 1.807) is 43.6 Å². The molecule has 3 aromatic rings. The monoisotopic (exact) mass is 368 g/mol. The molecule has 3 rings (SSSR count). The Hall–Kier alpha value is -3.95. The summed E-state index contributed by atoms with van der Waals surface area (Å²) in [5.74, 6) is -1.86. The fourth-order valence-corrected chi connectivity index (χ4v) is 2.31. The third-order valence-electron chi connectivity index (χ3n) is 3.54. The van der Waals surface area contributed by atoms with E-state index in [0.717, 1.165) is 0 Å². The molecule has 2 aromatic heterocycles. The van der Waals surface area contributed by atoms with Gasteiger partial charge in [-0.05, 0) is 24.3 Å². The summed E-state index contributed by atoms with van der Waals surface area (Å²) >= 11 is 0. The summed E-state index contributed by atoms with van der Waals surface area (Å²) < 4.78 is 2.75. The fraction of sp³-hybridized carbons (Fsp3) is 0.118. The molecule has 0 aliphatic carbocycles. The highest BCUT2D eigenvalue weighted by Gasteiger charge is 2.11. The smallest absolute Gasteiger partial charge is 0.338 e. The van der Waals surface area contributed by atoms with Crippen molar-refractivity contribution in [3.63, 3.8) is 0 Å². The van der Waals surface area contributed by atoms with Crippen LogP contribution in [0.2, 0.25) is 0 Å². The molecule has 3 N–H and O–H groups in total. The SMILES string of the molecule is Cn1ccc(C(=O)Nc2cccc(NC(=O)Cn3cc(C(=O)O)cn3)c2)n1. The minimum atomic E-state index is -1.11. The zero-order valence-corrected chi connectivity index (χ0v) is 14.3. The Morgan fingerprint density at radius 1 is 1.15 bits per heavy atom. The van der Waals surface area contributed by atoms with Crippen molar-refractivity contribution in [1.29, 1.82) is 0 Å². The predicted octanol–water partition coefficient (Wildman–Crippen LogP) is 1.21. The predicted molar refractivity (Wildman–Crippen MR) is 95.4 cm³/mol. The van der Waals surface area contributed by atoms with Crippen molar-refractivity contribution >= 4 is 29.2 Å². The van der Waals surface area contributed by atoms with Gasteiger partial charge in [0.25, 0.3) is 5.91 Å². The molecule has 0 spiro atoms. The molecule has 0 unspecified atom stereocenters. The number of carboxylic acid groups (broad SMARTS) is 1. The number of nitrogens with one attached hydrogen (secondary N) is 2. The average Bonchev–Trinajstić information content (AvgIpc) is 3.24. The lowest BCUT2D eigenvalue weighted by Gasteiger charge is -2.08. The number of aryl methyl sites for hydroxylation is 1. The van der Waals surface area contributed by atoms with E-state index in [1.807, 2.05) is 0 Å². The number of carbonyl (C=O) groups is 3. The molecule has 2 amide bonds. The zero-order valence-electron chi connectivity index (χ0n) is 14.3. The van der Waals surface area contributed by atoms with Gasteiger partial charge < -0.3 is 15.7 Å². The molecule has 10 heteroatoms. The van der Waals surface area contributed by atoms with Gasteiger partial charge in [0.1, 0.15) is 6.54 Å². The number of carboxylic acids is 1. The summed E-state index contributed by atoms with van der Waals surface area (Å²) in [4.78, 5) is 35.1. The first-order chi connectivity index (χ1) is 12.9. The number of hydrogen-bond donors (Lipinski definition) is 3. The quantitative estimate of drug-likeness (QED) is 0.599. The summed E-state index contributed by atoms with van der Waals surface area (Å²) in [6, 6.07) is 8.23. The van der Waals surface area contributed by atoms with Crippen LogP contribution in [0.15, 0.2) is 48.9 Å². The average molecular weight is 368 g/mol. The first-order valence-electron chi connectivity index (χ1n) is 7.87. The van der Waals surface area contributed by atoms with Gasteiger partial charge in [0.15, 0.2) is 5.69 Å². The normalized spacial score (nSPS) is 10.4. The molecule has 1 aromatic carbocycles. The van der Waals surface area contributed by atoms with Crippen LogP contribution in [0.3, 0.4) is 0 Å². The van der Waals surface area contributed by atoms with Gasteiger partial charge in [-0.25, -0.2) is 4.79 Å². The Morgan fingerprint density at radius 2 is 1.89 bits per heavy atom. The Morgan fingerprint density at radius 3 is 2.52 bits per heavy atom. The van der Waals surface area contributed by atoms with Crippen molar-refractivity contribution in [3.8, 4) is 0 Å². The number of aromatic carboxylic acids is 1. The maximum absolute atomic E-state index is 12.1. The summed E-state index contributed by atoms with van der Waals surface area (Å²) in [7, 11) is 1.71. The van der Waals surface area contributed by atoms with E-state index in [2.05, 4.69) is 20.8 Å². The number of carbonyl (C=O) groups excluding carboxylic acids is 2. The first kappa shape index (κ1) is 17.9. The lowest BCUT2D eigenvalue weighted by Crippen LogP contribution is -2.19. The molecule has 2 heterocycles. The van der Waals surface area contributed by atoms with Crippen LogP contribution in [0.25, 0.3) is 0 Å². The molecule has 0 saturated heterocycles. The minimum absolute atomic E-state index is 0.00188. The van der Waals surface area contributed by atoms with Gasteiger partial charge in [0.05, 0.1) is 11.8 Å². The molecule has 138 valence electrons. The highest BCUT2D eigenvalue weighted by atomic mass is 16.4.